The Bertz CT molecular complexity index is 2260. The van der Waals surface area contributed by atoms with E-state index in [9.17, 15) is 0 Å². The monoisotopic (exact) mass is 766 g/mol. The van der Waals surface area contributed by atoms with Crippen molar-refractivity contribution in [3.8, 4) is 0 Å². The highest BCUT2D eigenvalue weighted by molar-refractivity contribution is 6.52. The van der Waals surface area contributed by atoms with E-state index in [0.29, 0.717) is 58.7 Å². The molecular formula is C50H54N8. The van der Waals surface area contributed by atoms with Crippen LogP contribution in [0.1, 0.15) is 124 Å². The zero-order valence-corrected chi connectivity index (χ0v) is 35.4. The lowest BCUT2D eigenvalue weighted by Gasteiger charge is -2.17. The second kappa shape index (κ2) is 17.1. The zero-order chi connectivity index (χ0) is 41.1. The quantitative estimate of drug-likeness (QED) is 0.148. The lowest BCUT2D eigenvalue weighted by atomic mass is 9.93. The molecule has 8 heteroatoms. The van der Waals surface area contributed by atoms with Gasteiger partial charge in [-0.25, -0.2) is 30.0 Å². The summed E-state index contributed by atoms with van der Waals surface area (Å²) in [4.78, 5) is 30.7. The van der Waals surface area contributed by atoms with Crippen LogP contribution in [-0.2, 0) is 0 Å². The summed E-state index contributed by atoms with van der Waals surface area (Å²) >= 11 is 0. The summed E-state index contributed by atoms with van der Waals surface area (Å²) < 4.78 is 0. The number of benzene rings is 5. The number of anilines is 2. The van der Waals surface area contributed by atoms with Gasteiger partial charge in [0.05, 0.1) is 11.4 Å². The fraction of sp³-hybridized carbons (Fsp3) is 0.280. The first-order valence-electron chi connectivity index (χ1n) is 20.4. The van der Waals surface area contributed by atoms with E-state index in [1.807, 2.05) is 24.3 Å². The normalized spacial score (nSPS) is 15.5. The highest BCUT2D eigenvalue weighted by atomic mass is 15.2. The summed E-state index contributed by atoms with van der Waals surface area (Å²) in [6.07, 6.45) is 0. The third-order valence-electron chi connectivity index (χ3n) is 10.4. The molecule has 7 rings (SSSR count). The SMILES string of the molecule is Cc1ccc(NC2=NC(c3ccc(C4=NC(=Nc5c(C(C)C)cccc5C(C)C)C(Nc5ccc(C)cc5)=N4)cc3)=NC2=Nc2c(C(C)C)cccc2C(C)C)cc1. The molecule has 58 heavy (non-hydrogen) atoms. The van der Waals surface area contributed by atoms with Gasteiger partial charge in [0.2, 0.25) is 0 Å². The maximum Gasteiger partial charge on any atom is 0.198 e. The van der Waals surface area contributed by atoms with E-state index in [1.54, 1.807) is 0 Å². The van der Waals surface area contributed by atoms with Crippen molar-refractivity contribution in [3.63, 3.8) is 0 Å². The van der Waals surface area contributed by atoms with Gasteiger partial charge >= 0.3 is 0 Å². The van der Waals surface area contributed by atoms with Crippen LogP contribution in [0.4, 0.5) is 22.7 Å². The van der Waals surface area contributed by atoms with Gasteiger partial charge in [-0.3, -0.25) is 0 Å². The number of hydrogen-bond acceptors (Lipinski definition) is 6. The third kappa shape index (κ3) is 8.81. The minimum atomic E-state index is 0.294. The van der Waals surface area contributed by atoms with Crippen molar-refractivity contribution in [2.75, 3.05) is 10.6 Å². The Morgan fingerprint density at radius 1 is 0.397 bits per heavy atom. The molecule has 0 saturated heterocycles. The molecule has 2 aliphatic heterocycles. The second-order valence-electron chi connectivity index (χ2n) is 16.4. The molecule has 8 nitrogen and oxygen atoms in total. The highest BCUT2D eigenvalue weighted by Gasteiger charge is 2.25. The first-order chi connectivity index (χ1) is 27.8. The first kappa shape index (κ1) is 39.9. The number of hydrogen-bond donors (Lipinski definition) is 2. The van der Waals surface area contributed by atoms with Crippen LogP contribution in [0.2, 0.25) is 0 Å². The molecule has 294 valence electrons. The molecule has 0 atom stereocenters. The van der Waals surface area contributed by atoms with Crippen LogP contribution in [0.15, 0.2) is 139 Å². The molecule has 0 aliphatic carbocycles. The number of aliphatic imine (C=N–C) groups is 6. The van der Waals surface area contributed by atoms with E-state index in [-0.39, 0.29) is 0 Å². The summed E-state index contributed by atoms with van der Waals surface area (Å²) in [6.45, 7) is 21.8. The number of para-hydroxylation sites is 2. The minimum absolute atomic E-state index is 0.294. The molecular weight excluding hydrogens is 713 g/mol. The van der Waals surface area contributed by atoms with Crippen molar-refractivity contribution in [2.45, 2.75) is 92.9 Å². The van der Waals surface area contributed by atoms with Crippen molar-refractivity contribution in [2.24, 2.45) is 30.0 Å². The maximum absolute atomic E-state index is 5.25. The number of aryl methyl sites for hydroxylation is 2. The van der Waals surface area contributed by atoms with Crippen LogP contribution in [0.3, 0.4) is 0 Å². The lowest BCUT2D eigenvalue weighted by Crippen LogP contribution is -2.19. The van der Waals surface area contributed by atoms with E-state index in [1.165, 1.54) is 33.4 Å². The molecule has 0 saturated carbocycles. The topological polar surface area (TPSA) is 98.2 Å². The van der Waals surface area contributed by atoms with E-state index < -0.39 is 0 Å². The Morgan fingerprint density at radius 3 is 1.00 bits per heavy atom. The first-order valence-corrected chi connectivity index (χ1v) is 20.4. The van der Waals surface area contributed by atoms with Crippen LogP contribution in [0, 0.1) is 13.8 Å². The number of nitrogens with one attached hydrogen (secondary N) is 2. The van der Waals surface area contributed by atoms with Gasteiger partial charge in [-0.15, -0.1) is 0 Å². The second-order valence-corrected chi connectivity index (χ2v) is 16.4. The average Bonchev–Trinajstić information content (AvgIpc) is 3.79. The molecule has 0 spiro atoms. The Hall–Kier alpha value is -6.28. The third-order valence-corrected chi connectivity index (χ3v) is 10.4. The summed E-state index contributed by atoms with van der Waals surface area (Å²) in [5.74, 6) is 4.66. The molecule has 0 amide bonds. The molecule has 0 unspecified atom stereocenters. The molecule has 5 aromatic carbocycles. The molecule has 2 heterocycles. The van der Waals surface area contributed by atoms with E-state index in [4.69, 9.17) is 30.0 Å². The van der Waals surface area contributed by atoms with Gasteiger partial charge in [-0.05, 0) is 84.0 Å². The Morgan fingerprint density at radius 2 is 0.707 bits per heavy atom. The van der Waals surface area contributed by atoms with Gasteiger partial charge < -0.3 is 10.6 Å². The Balaban J connectivity index is 1.27. The largest absolute Gasteiger partial charge is 0.337 e. The zero-order valence-electron chi connectivity index (χ0n) is 35.4. The molecule has 2 N–H and O–H groups in total. The van der Waals surface area contributed by atoms with E-state index in [2.05, 4.69) is 165 Å². The standard InChI is InChI=1S/C50H54N8/c1-29(2)39-13-11-14-40(30(3)4)43(39)53-49-47(51-37-25-17-33(9)18-26-37)55-45(57-49)35-21-23-36(24-22-35)46-56-48(52-38-27-19-34(10)20-28-38)50(58-46)54-44-41(31(5)6)15-12-16-42(44)32(7)8/h11-32H,1-10H3,(H,51,53,55,57)(H,52,54,56,58). The van der Waals surface area contributed by atoms with E-state index in [0.717, 1.165) is 33.9 Å². The fourth-order valence-electron chi connectivity index (χ4n) is 7.06. The molecule has 2 aliphatic rings. The van der Waals surface area contributed by atoms with Crippen LogP contribution in [0.25, 0.3) is 0 Å². The van der Waals surface area contributed by atoms with Gasteiger partial charge in [0.15, 0.2) is 35.0 Å². The van der Waals surface area contributed by atoms with Crippen LogP contribution in [-0.4, -0.2) is 35.0 Å². The summed E-state index contributed by atoms with van der Waals surface area (Å²) in [7, 11) is 0. The van der Waals surface area contributed by atoms with Crippen molar-refractivity contribution >= 4 is 57.8 Å². The van der Waals surface area contributed by atoms with Gasteiger partial charge in [-0.2, -0.15) is 0 Å². The molecule has 0 bridgehead atoms. The molecule has 5 aromatic rings. The molecule has 0 fully saturated rings. The van der Waals surface area contributed by atoms with Gasteiger partial charge in [-0.1, -0.05) is 151 Å². The Labute approximate surface area is 343 Å². The summed E-state index contributed by atoms with van der Waals surface area (Å²) in [5.41, 5.74) is 12.6. The number of rotatable bonds is 10. The fourth-order valence-corrected chi connectivity index (χ4v) is 7.06. The predicted octanol–water partition coefficient (Wildman–Crippen LogP) is 12.8. The van der Waals surface area contributed by atoms with Crippen LogP contribution >= 0.6 is 0 Å². The molecule has 0 radical (unpaired) electrons. The summed E-state index contributed by atoms with van der Waals surface area (Å²) in [6, 6.07) is 37.5. The number of nitrogens with zero attached hydrogens (tertiary/aromatic N) is 6. The van der Waals surface area contributed by atoms with Crippen molar-refractivity contribution < 1.29 is 0 Å². The predicted molar refractivity (Wildman–Crippen MR) is 247 cm³/mol. The Kier molecular flexibility index (Phi) is 11.7. The lowest BCUT2D eigenvalue weighted by molar-refractivity contribution is 0.834. The van der Waals surface area contributed by atoms with Gasteiger partial charge in [0.25, 0.3) is 0 Å². The van der Waals surface area contributed by atoms with Gasteiger partial charge in [0.1, 0.15) is 0 Å². The van der Waals surface area contributed by atoms with E-state index >= 15 is 0 Å². The molecule has 0 aromatic heterocycles. The van der Waals surface area contributed by atoms with Crippen molar-refractivity contribution in [1.82, 2.24) is 0 Å². The van der Waals surface area contributed by atoms with Crippen LogP contribution in [0.5, 0.6) is 0 Å². The number of amidine groups is 6. The van der Waals surface area contributed by atoms with Crippen molar-refractivity contribution in [1.29, 1.82) is 0 Å². The maximum atomic E-state index is 5.25. The van der Waals surface area contributed by atoms with Gasteiger partial charge in [0, 0.05) is 22.5 Å². The van der Waals surface area contributed by atoms with Crippen LogP contribution < -0.4 is 10.6 Å². The average molecular weight is 767 g/mol. The smallest absolute Gasteiger partial charge is 0.198 e. The minimum Gasteiger partial charge on any atom is -0.337 e. The van der Waals surface area contributed by atoms with Crippen molar-refractivity contribution in [3.05, 3.63) is 154 Å². The summed E-state index contributed by atoms with van der Waals surface area (Å²) in [5, 5.41) is 7.03. The highest BCUT2D eigenvalue weighted by Crippen LogP contribution is 2.37.